The Balaban J connectivity index is 1.28. The zero-order valence-electron chi connectivity index (χ0n) is 15.7. The fourth-order valence-electron chi connectivity index (χ4n) is 2.96. The Morgan fingerprint density at radius 2 is 2.14 bits per heavy atom. The van der Waals surface area contributed by atoms with Gasteiger partial charge in [-0.1, -0.05) is 18.3 Å². The molecular weight excluding hydrogens is 410 g/mol. The zero-order chi connectivity index (χ0) is 20.2. The van der Waals surface area contributed by atoms with Crippen LogP contribution in [0.1, 0.15) is 24.0 Å². The van der Waals surface area contributed by atoms with Gasteiger partial charge in [0.15, 0.2) is 10.8 Å². The monoisotopic (exact) mass is 429 g/mol. The molecular formula is C18H19N7O2S2. The van der Waals surface area contributed by atoms with Crippen LogP contribution < -0.4 is 10.2 Å². The summed E-state index contributed by atoms with van der Waals surface area (Å²) < 4.78 is 0. The molecule has 0 radical (unpaired) electrons. The molecule has 3 aromatic heterocycles. The fourth-order valence-corrected chi connectivity index (χ4v) is 4.56. The maximum absolute atomic E-state index is 12.5. The van der Waals surface area contributed by atoms with Crippen LogP contribution in [0.15, 0.2) is 23.8 Å². The molecule has 0 spiro atoms. The van der Waals surface area contributed by atoms with E-state index in [4.69, 9.17) is 0 Å². The van der Waals surface area contributed by atoms with Gasteiger partial charge in [0.25, 0.3) is 0 Å². The molecule has 2 amide bonds. The molecule has 1 saturated heterocycles. The normalized spacial score (nSPS) is 16.4. The highest BCUT2D eigenvalue weighted by atomic mass is 32.1. The quantitative estimate of drug-likeness (QED) is 0.608. The lowest BCUT2D eigenvalue weighted by Crippen LogP contribution is -2.34. The molecule has 0 aliphatic carbocycles. The third-order valence-electron chi connectivity index (χ3n) is 4.47. The van der Waals surface area contributed by atoms with Gasteiger partial charge in [0.2, 0.25) is 16.9 Å². The molecule has 1 aliphatic rings. The van der Waals surface area contributed by atoms with E-state index in [2.05, 4.69) is 30.5 Å². The first-order valence-corrected chi connectivity index (χ1v) is 11.0. The number of hydrogen-bond acceptors (Lipinski definition) is 9. The number of thiazole rings is 1. The maximum atomic E-state index is 12.5. The standard InChI is InChI=1S/C18H19N7O2S2/c1-2-13-23-24-18(29-13)25-9-11(8-14(25)26)16(27)21-7-4-12-10-28-17(22-12)15-19-5-3-6-20-15/h3,5-6,10-11H,2,4,7-9H2,1H3,(H,21,27). The van der Waals surface area contributed by atoms with Gasteiger partial charge in [0, 0.05) is 43.7 Å². The third kappa shape index (κ3) is 4.46. The second kappa shape index (κ2) is 8.70. The van der Waals surface area contributed by atoms with E-state index in [0.717, 1.165) is 22.1 Å². The van der Waals surface area contributed by atoms with Crippen molar-refractivity contribution in [3.63, 3.8) is 0 Å². The molecule has 9 nitrogen and oxygen atoms in total. The summed E-state index contributed by atoms with van der Waals surface area (Å²) in [6.45, 7) is 2.79. The number of nitrogens with one attached hydrogen (secondary N) is 1. The number of aryl methyl sites for hydroxylation is 1. The maximum Gasteiger partial charge on any atom is 0.229 e. The minimum atomic E-state index is -0.375. The van der Waals surface area contributed by atoms with E-state index in [-0.39, 0.29) is 24.2 Å². The summed E-state index contributed by atoms with van der Waals surface area (Å²) >= 11 is 2.87. The van der Waals surface area contributed by atoms with E-state index in [9.17, 15) is 9.59 Å². The van der Waals surface area contributed by atoms with Gasteiger partial charge in [-0.25, -0.2) is 15.0 Å². The predicted molar refractivity (Wildman–Crippen MR) is 110 cm³/mol. The Kier molecular flexibility index (Phi) is 5.86. The van der Waals surface area contributed by atoms with Gasteiger partial charge in [0.1, 0.15) is 5.01 Å². The third-order valence-corrected chi connectivity index (χ3v) is 6.45. The second-order valence-electron chi connectivity index (χ2n) is 6.49. The lowest BCUT2D eigenvalue weighted by molar-refractivity contribution is -0.126. The average Bonchev–Trinajstić information content (AvgIpc) is 3.48. The van der Waals surface area contributed by atoms with E-state index in [1.165, 1.54) is 22.7 Å². The summed E-state index contributed by atoms with van der Waals surface area (Å²) in [5.41, 5.74) is 0.878. The Labute approximate surface area is 175 Å². The molecule has 1 aliphatic heterocycles. The lowest BCUT2D eigenvalue weighted by Gasteiger charge is -2.12. The van der Waals surface area contributed by atoms with Crippen LogP contribution >= 0.6 is 22.7 Å². The Hall–Kier alpha value is -2.79. The van der Waals surface area contributed by atoms with Gasteiger partial charge in [-0.2, -0.15) is 0 Å². The first-order valence-electron chi connectivity index (χ1n) is 9.26. The molecule has 0 aromatic carbocycles. The van der Waals surface area contributed by atoms with E-state index in [1.807, 2.05) is 12.3 Å². The van der Waals surface area contributed by atoms with Crippen molar-refractivity contribution in [1.82, 2.24) is 30.5 Å². The number of carbonyl (C=O) groups excluding carboxylic acids is 2. The molecule has 4 heterocycles. The van der Waals surface area contributed by atoms with Crippen molar-refractivity contribution in [2.75, 3.05) is 18.0 Å². The van der Waals surface area contributed by atoms with Crippen molar-refractivity contribution < 1.29 is 9.59 Å². The number of amides is 2. The number of carbonyl (C=O) groups is 2. The number of anilines is 1. The van der Waals surface area contributed by atoms with Crippen molar-refractivity contribution in [2.45, 2.75) is 26.2 Å². The Morgan fingerprint density at radius 3 is 2.90 bits per heavy atom. The van der Waals surface area contributed by atoms with Crippen LogP contribution in [0, 0.1) is 5.92 Å². The first kappa shape index (κ1) is 19.5. The largest absolute Gasteiger partial charge is 0.355 e. The van der Waals surface area contributed by atoms with Crippen LogP contribution in [0.25, 0.3) is 10.8 Å². The molecule has 3 aromatic rings. The van der Waals surface area contributed by atoms with E-state index in [1.54, 1.807) is 23.4 Å². The summed E-state index contributed by atoms with van der Waals surface area (Å²) in [6, 6.07) is 1.76. The highest BCUT2D eigenvalue weighted by molar-refractivity contribution is 7.15. The summed E-state index contributed by atoms with van der Waals surface area (Å²) in [7, 11) is 0. The van der Waals surface area contributed by atoms with Crippen LogP contribution in [0.4, 0.5) is 5.13 Å². The molecule has 1 atom stereocenters. The average molecular weight is 430 g/mol. The van der Waals surface area contributed by atoms with Gasteiger partial charge in [-0.15, -0.1) is 21.5 Å². The van der Waals surface area contributed by atoms with Crippen LogP contribution in [-0.2, 0) is 22.4 Å². The minimum absolute atomic E-state index is 0.0871. The number of hydrogen-bond donors (Lipinski definition) is 1. The number of rotatable bonds is 7. The molecule has 1 fully saturated rings. The van der Waals surface area contributed by atoms with Crippen molar-refractivity contribution >= 4 is 39.6 Å². The molecule has 29 heavy (non-hydrogen) atoms. The minimum Gasteiger partial charge on any atom is -0.355 e. The second-order valence-corrected chi connectivity index (χ2v) is 8.39. The van der Waals surface area contributed by atoms with Crippen molar-refractivity contribution in [3.8, 4) is 10.8 Å². The summed E-state index contributed by atoms with van der Waals surface area (Å²) in [4.78, 5) is 39.2. The van der Waals surface area contributed by atoms with Gasteiger partial charge in [-0.3, -0.25) is 14.5 Å². The molecule has 0 bridgehead atoms. The highest BCUT2D eigenvalue weighted by Gasteiger charge is 2.36. The number of aromatic nitrogens is 5. The van der Waals surface area contributed by atoms with E-state index < -0.39 is 0 Å². The van der Waals surface area contributed by atoms with Gasteiger partial charge >= 0.3 is 0 Å². The van der Waals surface area contributed by atoms with Gasteiger partial charge in [0.05, 0.1) is 11.6 Å². The summed E-state index contributed by atoms with van der Waals surface area (Å²) in [6.07, 6.45) is 4.94. The van der Waals surface area contributed by atoms with Crippen molar-refractivity contribution in [3.05, 3.63) is 34.5 Å². The SMILES string of the molecule is CCc1nnc(N2CC(C(=O)NCCc3csc(-c4ncccn4)n3)CC2=O)s1. The summed E-state index contributed by atoms with van der Waals surface area (Å²) in [5, 5.41) is 15.2. The van der Waals surface area contributed by atoms with Gasteiger partial charge in [-0.05, 0) is 12.5 Å². The number of nitrogens with zero attached hydrogens (tertiary/aromatic N) is 6. The molecule has 1 N–H and O–H groups in total. The zero-order valence-corrected chi connectivity index (χ0v) is 17.4. The van der Waals surface area contributed by atoms with E-state index in [0.29, 0.717) is 30.5 Å². The molecule has 4 rings (SSSR count). The van der Waals surface area contributed by atoms with Crippen molar-refractivity contribution in [2.24, 2.45) is 5.92 Å². The van der Waals surface area contributed by atoms with Gasteiger partial charge < -0.3 is 5.32 Å². The molecule has 0 saturated carbocycles. The van der Waals surface area contributed by atoms with E-state index >= 15 is 0 Å². The van der Waals surface area contributed by atoms with Crippen LogP contribution in [0.5, 0.6) is 0 Å². The Morgan fingerprint density at radius 1 is 1.31 bits per heavy atom. The van der Waals surface area contributed by atoms with Crippen LogP contribution in [0.2, 0.25) is 0 Å². The molecule has 1 unspecified atom stereocenters. The van der Waals surface area contributed by atoms with Crippen LogP contribution in [-0.4, -0.2) is 50.1 Å². The highest BCUT2D eigenvalue weighted by Crippen LogP contribution is 2.28. The molecule has 150 valence electrons. The smallest absolute Gasteiger partial charge is 0.229 e. The molecule has 11 heteroatoms. The van der Waals surface area contributed by atoms with Crippen LogP contribution in [0.3, 0.4) is 0 Å². The topological polar surface area (TPSA) is 114 Å². The lowest BCUT2D eigenvalue weighted by atomic mass is 10.1. The summed E-state index contributed by atoms with van der Waals surface area (Å²) in [5.74, 6) is 0.0133. The predicted octanol–water partition coefficient (Wildman–Crippen LogP) is 1.73. The van der Waals surface area contributed by atoms with Crippen molar-refractivity contribution in [1.29, 1.82) is 0 Å². The first-order chi connectivity index (χ1) is 14.1. The Bertz CT molecular complexity index is 1000. The fraction of sp³-hybridized carbons (Fsp3) is 0.389.